The molecule has 1 aromatic carbocycles. The molecule has 1 fully saturated rings. The lowest BCUT2D eigenvalue weighted by molar-refractivity contribution is -0.156. The molecule has 6 heteroatoms. The molecule has 0 saturated carbocycles. The first kappa shape index (κ1) is 11.4. The number of halogens is 1. The van der Waals surface area contributed by atoms with Gasteiger partial charge in [0.25, 0.3) is 0 Å². The number of benzene rings is 1. The van der Waals surface area contributed by atoms with Crippen molar-refractivity contribution in [2.24, 2.45) is 5.11 Å². The Balaban J connectivity index is 2.35. The van der Waals surface area contributed by atoms with E-state index < -0.39 is 5.79 Å². The summed E-state index contributed by atoms with van der Waals surface area (Å²) in [7, 11) is 0. The number of nitrogens with zero attached hydrogens (tertiary/aromatic N) is 3. The third-order valence-electron chi connectivity index (χ3n) is 2.36. The van der Waals surface area contributed by atoms with Gasteiger partial charge in [0.1, 0.15) is 0 Å². The van der Waals surface area contributed by atoms with Crippen LogP contribution in [0.1, 0.15) is 5.56 Å². The molecule has 2 rings (SSSR count). The maximum atomic E-state index is 8.38. The minimum Gasteiger partial charge on any atom is -0.343 e. The fourth-order valence-electron chi connectivity index (χ4n) is 1.65. The standard InChI is InChI=1S/C10H10BrN3O2/c11-9-3-1-2-8(6-9)10(7-13-14-12)15-4-5-16-10/h1-3,6H,4-5,7H2. The zero-order valence-corrected chi connectivity index (χ0v) is 10.1. The Labute approximate surface area is 101 Å². The summed E-state index contributed by atoms with van der Waals surface area (Å²) in [6, 6.07) is 7.60. The number of ether oxygens (including phenoxy) is 2. The average molecular weight is 284 g/mol. The van der Waals surface area contributed by atoms with Gasteiger partial charge in [-0.05, 0) is 17.7 Å². The Kier molecular flexibility index (Phi) is 3.46. The van der Waals surface area contributed by atoms with Crippen LogP contribution in [0.15, 0.2) is 33.9 Å². The highest BCUT2D eigenvalue weighted by molar-refractivity contribution is 9.10. The Morgan fingerprint density at radius 3 is 2.81 bits per heavy atom. The molecule has 0 amide bonds. The minimum atomic E-state index is -0.921. The van der Waals surface area contributed by atoms with Gasteiger partial charge in [0.15, 0.2) is 0 Å². The van der Waals surface area contributed by atoms with Gasteiger partial charge in [0, 0.05) is 14.9 Å². The summed E-state index contributed by atoms with van der Waals surface area (Å²) in [5.74, 6) is -0.921. The molecule has 5 nitrogen and oxygen atoms in total. The second-order valence-corrected chi connectivity index (χ2v) is 4.26. The van der Waals surface area contributed by atoms with Gasteiger partial charge in [0.05, 0.1) is 19.8 Å². The number of hydrogen-bond donors (Lipinski definition) is 0. The van der Waals surface area contributed by atoms with Gasteiger partial charge in [0.2, 0.25) is 5.79 Å². The predicted molar refractivity (Wildman–Crippen MR) is 61.7 cm³/mol. The van der Waals surface area contributed by atoms with E-state index in [4.69, 9.17) is 15.0 Å². The molecular formula is C10H10BrN3O2. The van der Waals surface area contributed by atoms with E-state index in [2.05, 4.69) is 26.0 Å². The van der Waals surface area contributed by atoms with Crippen LogP contribution >= 0.6 is 15.9 Å². The van der Waals surface area contributed by atoms with Crippen molar-refractivity contribution in [2.75, 3.05) is 19.8 Å². The average Bonchev–Trinajstić information content (AvgIpc) is 2.76. The molecule has 0 spiro atoms. The minimum absolute atomic E-state index is 0.139. The van der Waals surface area contributed by atoms with Crippen molar-refractivity contribution in [3.05, 3.63) is 44.7 Å². The third kappa shape index (κ3) is 2.20. The highest BCUT2D eigenvalue weighted by Gasteiger charge is 2.38. The van der Waals surface area contributed by atoms with Crippen molar-refractivity contribution in [2.45, 2.75) is 5.79 Å². The van der Waals surface area contributed by atoms with Crippen LogP contribution in [0.5, 0.6) is 0 Å². The predicted octanol–water partition coefficient (Wildman–Crippen LogP) is 2.96. The summed E-state index contributed by atoms with van der Waals surface area (Å²) in [5, 5.41) is 3.55. The lowest BCUT2D eigenvalue weighted by Gasteiger charge is -2.26. The van der Waals surface area contributed by atoms with Crippen LogP contribution in [0.4, 0.5) is 0 Å². The second-order valence-electron chi connectivity index (χ2n) is 3.35. The third-order valence-corrected chi connectivity index (χ3v) is 2.85. The Bertz CT molecular complexity index is 426. The van der Waals surface area contributed by atoms with Gasteiger partial charge in [-0.1, -0.05) is 33.2 Å². The van der Waals surface area contributed by atoms with Crippen LogP contribution in [-0.4, -0.2) is 19.8 Å². The first-order valence-corrected chi connectivity index (χ1v) is 5.61. The molecule has 0 unspecified atom stereocenters. The Morgan fingerprint density at radius 2 is 2.19 bits per heavy atom. The topological polar surface area (TPSA) is 67.2 Å². The lowest BCUT2D eigenvalue weighted by atomic mass is 10.1. The molecule has 1 saturated heterocycles. The van der Waals surface area contributed by atoms with E-state index in [9.17, 15) is 0 Å². The summed E-state index contributed by atoms with van der Waals surface area (Å²) < 4.78 is 12.1. The van der Waals surface area contributed by atoms with Crippen LogP contribution in [0.2, 0.25) is 0 Å². The number of azide groups is 1. The number of rotatable bonds is 3. The summed E-state index contributed by atoms with van der Waals surface area (Å²) >= 11 is 3.39. The van der Waals surface area contributed by atoms with Crippen molar-refractivity contribution >= 4 is 15.9 Å². The summed E-state index contributed by atoms with van der Waals surface area (Å²) in [6.45, 7) is 1.15. The Morgan fingerprint density at radius 1 is 1.44 bits per heavy atom. The highest BCUT2D eigenvalue weighted by atomic mass is 79.9. The molecule has 0 atom stereocenters. The normalized spacial score (nSPS) is 18.1. The van der Waals surface area contributed by atoms with E-state index in [0.29, 0.717) is 13.2 Å². The first-order chi connectivity index (χ1) is 7.77. The van der Waals surface area contributed by atoms with Crippen LogP contribution in [0.25, 0.3) is 10.4 Å². The van der Waals surface area contributed by atoms with Crippen molar-refractivity contribution in [1.29, 1.82) is 0 Å². The fraction of sp³-hybridized carbons (Fsp3) is 0.400. The summed E-state index contributed by atoms with van der Waals surface area (Å²) in [5.41, 5.74) is 9.23. The van der Waals surface area contributed by atoms with Gasteiger partial charge in [-0.3, -0.25) is 0 Å². The molecule has 0 N–H and O–H groups in total. The molecule has 0 radical (unpaired) electrons. The van der Waals surface area contributed by atoms with Gasteiger partial charge in [-0.2, -0.15) is 0 Å². The van der Waals surface area contributed by atoms with Crippen molar-refractivity contribution < 1.29 is 9.47 Å². The number of hydrogen-bond acceptors (Lipinski definition) is 3. The van der Waals surface area contributed by atoms with Crippen LogP contribution in [0.3, 0.4) is 0 Å². The molecule has 1 aliphatic rings. The van der Waals surface area contributed by atoms with Gasteiger partial charge in [-0.25, -0.2) is 0 Å². The van der Waals surface area contributed by atoms with E-state index in [1.165, 1.54) is 0 Å². The maximum Gasteiger partial charge on any atom is 0.200 e. The Hall–Kier alpha value is -1.07. The van der Waals surface area contributed by atoms with E-state index >= 15 is 0 Å². The van der Waals surface area contributed by atoms with Crippen LogP contribution < -0.4 is 0 Å². The molecule has 16 heavy (non-hydrogen) atoms. The second kappa shape index (κ2) is 4.84. The fourth-order valence-corrected chi connectivity index (χ4v) is 2.05. The van der Waals surface area contributed by atoms with Gasteiger partial charge >= 0.3 is 0 Å². The van der Waals surface area contributed by atoms with Crippen molar-refractivity contribution in [3.63, 3.8) is 0 Å². The van der Waals surface area contributed by atoms with E-state index in [0.717, 1.165) is 10.0 Å². The quantitative estimate of drug-likeness (QED) is 0.486. The molecule has 84 valence electrons. The summed E-state index contributed by atoms with van der Waals surface area (Å²) in [4.78, 5) is 2.75. The highest BCUT2D eigenvalue weighted by Crippen LogP contribution is 2.33. The van der Waals surface area contributed by atoms with Gasteiger partial charge in [-0.15, -0.1) is 0 Å². The van der Waals surface area contributed by atoms with Crippen LogP contribution in [0, 0.1) is 0 Å². The molecule has 0 bridgehead atoms. The summed E-state index contributed by atoms with van der Waals surface area (Å²) in [6.07, 6.45) is 0. The smallest absolute Gasteiger partial charge is 0.200 e. The monoisotopic (exact) mass is 283 g/mol. The molecule has 0 aromatic heterocycles. The molecule has 1 heterocycles. The van der Waals surface area contributed by atoms with Crippen molar-refractivity contribution in [1.82, 2.24) is 0 Å². The molecule has 1 aliphatic heterocycles. The van der Waals surface area contributed by atoms with E-state index in [1.54, 1.807) is 0 Å². The molecular weight excluding hydrogens is 274 g/mol. The maximum absolute atomic E-state index is 8.38. The lowest BCUT2D eigenvalue weighted by Crippen LogP contribution is -2.30. The van der Waals surface area contributed by atoms with Gasteiger partial charge < -0.3 is 9.47 Å². The van der Waals surface area contributed by atoms with Crippen molar-refractivity contribution in [3.8, 4) is 0 Å². The SMILES string of the molecule is [N-]=[N+]=NCC1(c2cccc(Br)c2)OCCO1. The molecule has 1 aromatic rings. The zero-order valence-electron chi connectivity index (χ0n) is 8.47. The van der Waals surface area contributed by atoms with Crippen LogP contribution in [-0.2, 0) is 15.3 Å². The zero-order chi connectivity index (χ0) is 11.4. The largest absolute Gasteiger partial charge is 0.343 e. The molecule has 0 aliphatic carbocycles. The van der Waals surface area contributed by atoms with E-state index in [1.807, 2.05) is 24.3 Å². The first-order valence-electron chi connectivity index (χ1n) is 4.82. The van der Waals surface area contributed by atoms with E-state index in [-0.39, 0.29) is 6.54 Å².